The number of nitrogens with zero attached hydrogens (tertiary/aromatic N) is 8. The molecule has 3 aromatic heterocycles. The van der Waals surface area contributed by atoms with Crippen LogP contribution in [-0.2, 0) is 19.8 Å². The molecule has 0 bridgehead atoms. The molecule has 1 amide bonds. The van der Waals surface area contributed by atoms with Crippen molar-refractivity contribution < 1.29 is 4.79 Å². The van der Waals surface area contributed by atoms with Gasteiger partial charge in [0.05, 0.1) is 22.9 Å². The number of aromatic nitrogens is 8. The minimum Gasteiger partial charge on any atom is -0.345 e. The molecule has 0 saturated heterocycles. The first-order chi connectivity index (χ1) is 14.1. The summed E-state index contributed by atoms with van der Waals surface area (Å²) in [5.74, 6) is 0.268. The zero-order valence-corrected chi connectivity index (χ0v) is 17.2. The Balaban J connectivity index is 1.39. The average molecular weight is 456 g/mol. The van der Waals surface area contributed by atoms with E-state index in [0.29, 0.717) is 18.1 Å². The summed E-state index contributed by atoms with van der Waals surface area (Å²) in [7, 11) is 0. The van der Waals surface area contributed by atoms with Gasteiger partial charge in [0.15, 0.2) is 6.67 Å². The van der Waals surface area contributed by atoms with Crippen LogP contribution in [0.1, 0.15) is 23.1 Å². The van der Waals surface area contributed by atoms with Crippen molar-refractivity contribution in [3.8, 4) is 11.4 Å². The van der Waals surface area contributed by atoms with E-state index in [1.807, 2.05) is 41.9 Å². The Morgan fingerprint density at radius 2 is 2.00 bits per heavy atom. The second kappa shape index (κ2) is 8.35. The fraction of sp³-hybridized carbons (Fsp3) is 0.222. The summed E-state index contributed by atoms with van der Waals surface area (Å²) in [5.41, 5.74) is 2.10. The Morgan fingerprint density at radius 3 is 2.79 bits per heavy atom. The Bertz CT molecular complexity index is 1120. The average Bonchev–Trinajstić information content (AvgIpc) is 3.48. The molecule has 148 valence electrons. The van der Waals surface area contributed by atoms with E-state index in [1.165, 1.54) is 4.80 Å². The summed E-state index contributed by atoms with van der Waals surface area (Å²) in [5, 5.41) is 23.8. The third kappa shape index (κ3) is 4.24. The van der Waals surface area contributed by atoms with Gasteiger partial charge in [-0.2, -0.15) is 10.2 Å². The van der Waals surface area contributed by atoms with Crippen LogP contribution in [0.2, 0.25) is 0 Å². The fourth-order valence-corrected chi connectivity index (χ4v) is 3.22. The summed E-state index contributed by atoms with van der Waals surface area (Å²) in [4.78, 5) is 13.8. The van der Waals surface area contributed by atoms with Crippen LogP contribution in [0.5, 0.6) is 0 Å². The van der Waals surface area contributed by atoms with Gasteiger partial charge in [-0.05, 0) is 34.1 Å². The topological polar surface area (TPSA) is 108 Å². The van der Waals surface area contributed by atoms with E-state index in [-0.39, 0.29) is 12.6 Å². The van der Waals surface area contributed by atoms with E-state index in [0.717, 1.165) is 22.3 Å². The van der Waals surface area contributed by atoms with Crippen molar-refractivity contribution in [1.29, 1.82) is 0 Å². The lowest BCUT2D eigenvalue weighted by atomic mass is 10.2. The number of amides is 1. The first kappa shape index (κ1) is 19.0. The van der Waals surface area contributed by atoms with Crippen molar-refractivity contribution in [1.82, 2.24) is 45.1 Å². The lowest BCUT2D eigenvalue weighted by Gasteiger charge is -2.06. The molecule has 0 saturated carbocycles. The van der Waals surface area contributed by atoms with Crippen LogP contribution >= 0.6 is 15.9 Å². The minimum atomic E-state index is -0.268. The number of nitrogens with one attached hydrogen (secondary N) is 1. The van der Waals surface area contributed by atoms with E-state index < -0.39 is 0 Å². The normalized spacial score (nSPS) is 11.0. The number of carbonyl (C=O) groups is 1. The molecule has 3 heterocycles. The molecule has 4 aromatic rings. The van der Waals surface area contributed by atoms with Gasteiger partial charge in [0.25, 0.3) is 5.91 Å². The summed E-state index contributed by atoms with van der Waals surface area (Å²) in [6.07, 6.45) is 3.42. The predicted octanol–water partition coefficient (Wildman–Crippen LogP) is 1.95. The first-order valence-corrected chi connectivity index (χ1v) is 9.78. The van der Waals surface area contributed by atoms with Gasteiger partial charge < -0.3 is 5.32 Å². The maximum atomic E-state index is 12.4. The second-order valence-electron chi connectivity index (χ2n) is 6.17. The van der Waals surface area contributed by atoms with Gasteiger partial charge in [-0.25, -0.2) is 4.68 Å². The van der Waals surface area contributed by atoms with E-state index in [9.17, 15) is 4.79 Å². The zero-order valence-electron chi connectivity index (χ0n) is 15.6. The Morgan fingerprint density at radius 1 is 1.17 bits per heavy atom. The van der Waals surface area contributed by atoms with Crippen LogP contribution < -0.4 is 5.32 Å². The highest BCUT2D eigenvalue weighted by atomic mass is 79.9. The largest absolute Gasteiger partial charge is 0.345 e. The quantitative estimate of drug-likeness (QED) is 0.456. The third-order valence-electron chi connectivity index (χ3n) is 4.24. The first-order valence-electron chi connectivity index (χ1n) is 8.99. The van der Waals surface area contributed by atoms with Crippen molar-refractivity contribution in [3.63, 3.8) is 0 Å². The highest BCUT2D eigenvalue weighted by Crippen LogP contribution is 2.16. The Hall–Kier alpha value is -3.34. The van der Waals surface area contributed by atoms with Gasteiger partial charge in [0, 0.05) is 18.3 Å². The van der Waals surface area contributed by atoms with Gasteiger partial charge in [-0.3, -0.25) is 9.48 Å². The van der Waals surface area contributed by atoms with Crippen molar-refractivity contribution >= 4 is 21.8 Å². The van der Waals surface area contributed by atoms with Crippen molar-refractivity contribution in [3.05, 3.63) is 64.7 Å². The smallest absolute Gasteiger partial charge is 0.272 e. The Kier molecular flexibility index (Phi) is 5.47. The van der Waals surface area contributed by atoms with E-state index in [4.69, 9.17) is 0 Å². The predicted molar refractivity (Wildman–Crippen MR) is 108 cm³/mol. The number of tetrazole rings is 1. The number of hydrogen-bond acceptors (Lipinski definition) is 6. The lowest BCUT2D eigenvalue weighted by molar-refractivity contribution is 0.0943. The monoisotopic (exact) mass is 455 g/mol. The molecule has 0 fully saturated rings. The van der Waals surface area contributed by atoms with Crippen molar-refractivity contribution in [2.75, 3.05) is 0 Å². The molecular formula is C18H18BrN9O. The summed E-state index contributed by atoms with van der Waals surface area (Å²) in [6.45, 7) is 3.32. The van der Waals surface area contributed by atoms with Crippen molar-refractivity contribution in [2.45, 2.75) is 26.7 Å². The molecule has 4 rings (SSSR count). The molecule has 29 heavy (non-hydrogen) atoms. The summed E-state index contributed by atoms with van der Waals surface area (Å²) < 4.78 is 4.26. The van der Waals surface area contributed by atoms with Crippen LogP contribution in [0, 0.1) is 0 Å². The molecule has 11 heteroatoms. The minimum absolute atomic E-state index is 0.251. The van der Waals surface area contributed by atoms with Gasteiger partial charge >= 0.3 is 0 Å². The highest BCUT2D eigenvalue weighted by Gasteiger charge is 2.13. The number of rotatable bonds is 7. The van der Waals surface area contributed by atoms with Gasteiger partial charge in [-0.1, -0.05) is 30.3 Å². The Labute approximate surface area is 174 Å². The zero-order chi connectivity index (χ0) is 20.2. The number of aryl methyl sites for hydroxylation is 1. The summed E-state index contributed by atoms with van der Waals surface area (Å²) >= 11 is 3.45. The summed E-state index contributed by atoms with van der Waals surface area (Å²) in [6, 6.07) is 11.2. The van der Waals surface area contributed by atoms with Crippen LogP contribution in [0.3, 0.4) is 0 Å². The molecule has 0 unspecified atom stereocenters. The van der Waals surface area contributed by atoms with Crippen LogP contribution in [-0.4, -0.2) is 45.7 Å². The molecule has 1 aromatic carbocycles. The van der Waals surface area contributed by atoms with Crippen molar-refractivity contribution in [2.24, 2.45) is 0 Å². The molecular weight excluding hydrogens is 438 g/mol. The molecule has 0 aliphatic rings. The van der Waals surface area contributed by atoms with Crippen LogP contribution in [0.4, 0.5) is 0 Å². The van der Waals surface area contributed by atoms with Crippen LogP contribution in [0.25, 0.3) is 11.4 Å². The number of halogens is 1. The van der Waals surface area contributed by atoms with Crippen LogP contribution in [0.15, 0.2) is 53.3 Å². The number of hydrogen-bond donors (Lipinski definition) is 1. The molecule has 0 radical (unpaired) electrons. The molecule has 0 atom stereocenters. The molecule has 10 nitrogen and oxygen atoms in total. The highest BCUT2D eigenvalue weighted by molar-refractivity contribution is 9.10. The number of carbonyl (C=O) groups excluding carboxylic acids is 1. The standard InChI is InChI=1S/C18H18BrN9O/c1-2-27-16(14(19)10-21-27)11-20-18(29)15-8-9-26(23-15)12-28-24-17(22-25-28)13-6-4-3-5-7-13/h3-10H,2,11-12H2,1H3,(H,20,29). The SMILES string of the molecule is CCn1ncc(Br)c1CNC(=O)c1ccn(Cn2nnc(-c3ccccc3)n2)n1. The maximum Gasteiger partial charge on any atom is 0.272 e. The van der Waals surface area contributed by atoms with E-state index >= 15 is 0 Å². The molecule has 0 spiro atoms. The van der Waals surface area contributed by atoms with Gasteiger partial charge in [0.2, 0.25) is 5.82 Å². The van der Waals surface area contributed by atoms with E-state index in [2.05, 4.69) is 46.9 Å². The second-order valence-corrected chi connectivity index (χ2v) is 7.03. The molecule has 0 aliphatic carbocycles. The molecule has 1 N–H and O–H groups in total. The van der Waals surface area contributed by atoms with Gasteiger partial charge in [0.1, 0.15) is 5.69 Å². The fourth-order valence-electron chi connectivity index (χ4n) is 2.79. The van der Waals surface area contributed by atoms with E-state index in [1.54, 1.807) is 23.1 Å². The maximum absolute atomic E-state index is 12.4. The third-order valence-corrected chi connectivity index (χ3v) is 4.91. The number of benzene rings is 1. The lowest BCUT2D eigenvalue weighted by Crippen LogP contribution is -2.25. The van der Waals surface area contributed by atoms with Gasteiger partial charge in [-0.15, -0.1) is 15.0 Å². The molecule has 0 aliphatic heterocycles.